The van der Waals surface area contributed by atoms with Crippen molar-refractivity contribution in [2.24, 2.45) is 0 Å². The summed E-state index contributed by atoms with van der Waals surface area (Å²) in [4.78, 5) is 29.7. The minimum atomic E-state index is -0.220. The first kappa shape index (κ1) is 16.3. The van der Waals surface area contributed by atoms with Crippen LogP contribution < -0.4 is 10.9 Å². The van der Waals surface area contributed by atoms with Crippen LogP contribution in [0.3, 0.4) is 0 Å². The van der Waals surface area contributed by atoms with Gasteiger partial charge in [-0.15, -0.1) is 0 Å². The van der Waals surface area contributed by atoms with E-state index in [1.807, 2.05) is 19.1 Å². The molecule has 0 aliphatic rings. The molecule has 2 N–H and O–H groups in total. The number of carbonyl (C=O) groups excluding carboxylic acids is 1. The fourth-order valence-corrected chi connectivity index (χ4v) is 2.63. The molecule has 1 heterocycles. The number of rotatable bonds is 6. The molecule has 1 aromatic heterocycles. The summed E-state index contributed by atoms with van der Waals surface area (Å²) in [5.41, 5.74) is 2.13. The Bertz CT molecular complexity index is 682. The predicted molar refractivity (Wildman–Crippen MR) is 88.0 cm³/mol. The number of benzene rings is 1. The highest BCUT2D eigenvalue weighted by Gasteiger charge is 2.10. The quantitative estimate of drug-likeness (QED) is 0.633. The number of amides is 1. The Hall–Kier alpha value is -2.08. The third-order valence-electron chi connectivity index (χ3n) is 3.25. The molecule has 1 aromatic carbocycles. The van der Waals surface area contributed by atoms with Crippen LogP contribution in [0.1, 0.15) is 31.0 Å². The van der Waals surface area contributed by atoms with Gasteiger partial charge in [0.2, 0.25) is 5.91 Å². The first-order valence-corrected chi connectivity index (χ1v) is 8.13. The monoisotopic (exact) mass is 317 g/mol. The second-order valence-corrected chi connectivity index (χ2v) is 5.88. The molecule has 0 radical (unpaired) electrons. The lowest BCUT2D eigenvalue weighted by Gasteiger charge is -2.14. The van der Waals surface area contributed by atoms with Crippen LogP contribution in [-0.2, 0) is 11.2 Å². The maximum atomic E-state index is 12.0. The van der Waals surface area contributed by atoms with Gasteiger partial charge in [0.25, 0.3) is 5.56 Å². The molecule has 0 saturated carbocycles. The highest BCUT2D eigenvalue weighted by Crippen LogP contribution is 2.15. The Morgan fingerprint density at radius 1 is 1.32 bits per heavy atom. The molecule has 0 fully saturated rings. The van der Waals surface area contributed by atoms with Gasteiger partial charge >= 0.3 is 0 Å². The Morgan fingerprint density at radius 2 is 2.05 bits per heavy atom. The largest absolute Gasteiger partial charge is 0.349 e. The summed E-state index contributed by atoms with van der Waals surface area (Å²) in [7, 11) is 0. The van der Waals surface area contributed by atoms with E-state index in [0.717, 1.165) is 12.0 Å². The number of carbonyl (C=O) groups is 1. The Balaban J connectivity index is 1.86. The number of H-pyrrole nitrogens is 1. The van der Waals surface area contributed by atoms with Crippen molar-refractivity contribution < 1.29 is 4.79 Å². The molecule has 22 heavy (non-hydrogen) atoms. The zero-order chi connectivity index (χ0) is 15.9. The molecular weight excluding hydrogens is 298 g/mol. The van der Waals surface area contributed by atoms with E-state index in [1.165, 1.54) is 29.6 Å². The molecule has 0 aliphatic carbocycles. The van der Waals surface area contributed by atoms with Crippen LogP contribution in [0.5, 0.6) is 0 Å². The van der Waals surface area contributed by atoms with Gasteiger partial charge in [-0.1, -0.05) is 43.0 Å². The van der Waals surface area contributed by atoms with Crippen LogP contribution in [0.25, 0.3) is 0 Å². The maximum absolute atomic E-state index is 12.0. The van der Waals surface area contributed by atoms with E-state index >= 15 is 0 Å². The number of hydrogen-bond donors (Lipinski definition) is 2. The minimum absolute atomic E-state index is 0.0539. The average molecular weight is 317 g/mol. The van der Waals surface area contributed by atoms with Crippen molar-refractivity contribution in [1.29, 1.82) is 0 Å². The summed E-state index contributed by atoms with van der Waals surface area (Å²) < 4.78 is 0. The molecular formula is C16H19N3O2S. The lowest BCUT2D eigenvalue weighted by molar-refractivity contribution is -0.119. The molecule has 1 atom stereocenters. The minimum Gasteiger partial charge on any atom is -0.349 e. The molecule has 116 valence electrons. The maximum Gasteiger partial charge on any atom is 0.251 e. The highest BCUT2D eigenvalue weighted by atomic mass is 32.2. The number of aryl methyl sites for hydroxylation is 1. The normalized spacial score (nSPS) is 11.9. The van der Waals surface area contributed by atoms with Crippen molar-refractivity contribution in [3.05, 3.63) is 58.0 Å². The Labute approximate surface area is 133 Å². The van der Waals surface area contributed by atoms with Crippen LogP contribution in [0.2, 0.25) is 0 Å². The smallest absolute Gasteiger partial charge is 0.251 e. The van der Waals surface area contributed by atoms with Gasteiger partial charge in [-0.25, -0.2) is 4.98 Å². The molecule has 2 aromatic rings. The first-order chi connectivity index (χ1) is 10.6. The number of hydrogen-bond acceptors (Lipinski definition) is 4. The summed E-state index contributed by atoms with van der Waals surface area (Å²) in [6.45, 7) is 4.06. The third kappa shape index (κ3) is 4.73. The van der Waals surface area contributed by atoms with Crippen molar-refractivity contribution in [2.45, 2.75) is 31.5 Å². The predicted octanol–water partition coefficient (Wildman–Crippen LogP) is 2.30. The van der Waals surface area contributed by atoms with E-state index in [9.17, 15) is 9.59 Å². The van der Waals surface area contributed by atoms with Gasteiger partial charge < -0.3 is 10.3 Å². The van der Waals surface area contributed by atoms with Crippen molar-refractivity contribution in [2.75, 3.05) is 5.75 Å². The molecule has 0 saturated heterocycles. The Morgan fingerprint density at radius 3 is 2.68 bits per heavy atom. The first-order valence-electron chi connectivity index (χ1n) is 7.15. The highest BCUT2D eigenvalue weighted by molar-refractivity contribution is 7.99. The standard InChI is InChI=1S/C16H19N3O2S/c1-3-12-4-6-13(7-5-12)11(2)18-15(21)10-22-16-17-9-8-14(20)19-16/h4-9,11H,3,10H2,1-2H3,(H,18,21)(H,17,19,20)/t11-/m1/s1. The van der Waals surface area contributed by atoms with Crippen molar-refractivity contribution in [1.82, 2.24) is 15.3 Å². The number of nitrogens with one attached hydrogen (secondary N) is 2. The summed E-state index contributed by atoms with van der Waals surface area (Å²) in [5.74, 6) is 0.119. The molecule has 5 nitrogen and oxygen atoms in total. The molecule has 0 unspecified atom stereocenters. The lowest BCUT2D eigenvalue weighted by atomic mass is 10.1. The van der Waals surface area contributed by atoms with Gasteiger partial charge in [-0.2, -0.15) is 0 Å². The lowest BCUT2D eigenvalue weighted by Crippen LogP contribution is -2.28. The molecule has 1 amide bonds. The number of thioether (sulfide) groups is 1. The van der Waals surface area contributed by atoms with Gasteiger partial charge in [0.1, 0.15) is 0 Å². The van der Waals surface area contributed by atoms with E-state index < -0.39 is 0 Å². The summed E-state index contributed by atoms with van der Waals surface area (Å²) in [6, 6.07) is 9.50. The topological polar surface area (TPSA) is 74.8 Å². The van der Waals surface area contributed by atoms with E-state index in [1.54, 1.807) is 0 Å². The van der Waals surface area contributed by atoms with Gasteiger partial charge in [0.15, 0.2) is 5.16 Å². The number of aromatic nitrogens is 2. The summed E-state index contributed by atoms with van der Waals surface area (Å²) in [5, 5.41) is 3.39. The van der Waals surface area contributed by atoms with Crippen LogP contribution in [0, 0.1) is 0 Å². The summed E-state index contributed by atoms with van der Waals surface area (Å²) >= 11 is 1.21. The van der Waals surface area contributed by atoms with Gasteiger partial charge in [-0.3, -0.25) is 9.59 Å². The van der Waals surface area contributed by atoms with Gasteiger partial charge in [0, 0.05) is 12.3 Å². The third-order valence-corrected chi connectivity index (χ3v) is 4.14. The zero-order valence-electron chi connectivity index (χ0n) is 12.6. The van der Waals surface area contributed by atoms with Crippen LogP contribution in [0.15, 0.2) is 46.5 Å². The molecule has 2 rings (SSSR count). The zero-order valence-corrected chi connectivity index (χ0v) is 13.4. The fourth-order valence-electron chi connectivity index (χ4n) is 1.97. The summed E-state index contributed by atoms with van der Waals surface area (Å²) in [6.07, 6.45) is 2.43. The second-order valence-electron chi connectivity index (χ2n) is 4.91. The Kier molecular flexibility index (Phi) is 5.77. The van der Waals surface area contributed by atoms with Gasteiger partial charge in [-0.05, 0) is 24.5 Å². The number of nitrogens with zero attached hydrogens (tertiary/aromatic N) is 1. The molecule has 0 aliphatic heterocycles. The van der Waals surface area contributed by atoms with Crippen molar-refractivity contribution >= 4 is 17.7 Å². The van der Waals surface area contributed by atoms with Crippen LogP contribution in [0.4, 0.5) is 0 Å². The molecule has 0 spiro atoms. The van der Waals surface area contributed by atoms with Crippen molar-refractivity contribution in [3.63, 3.8) is 0 Å². The van der Waals surface area contributed by atoms with Crippen LogP contribution >= 0.6 is 11.8 Å². The van der Waals surface area contributed by atoms with E-state index in [2.05, 4.69) is 34.3 Å². The van der Waals surface area contributed by atoms with Crippen molar-refractivity contribution in [3.8, 4) is 0 Å². The average Bonchev–Trinajstić information content (AvgIpc) is 2.53. The van der Waals surface area contributed by atoms with E-state index in [0.29, 0.717) is 5.16 Å². The molecule has 6 heteroatoms. The van der Waals surface area contributed by atoms with E-state index in [-0.39, 0.29) is 23.3 Å². The second kappa shape index (κ2) is 7.79. The molecule has 0 bridgehead atoms. The van der Waals surface area contributed by atoms with Crippen LogP contribution in [-0.4, -0.2) is 21.6 Å². The fraction of sp³-hybridized carbons (Fsp3) is 0.312. The number of aromatic amines is 1. The van der Waals surface area contributed by atoms with E-state index in [4.69, 9.17) is 0 Å². The van der Waals surface area contributed by atoms with Gasteiger partial charge in [0.05, 0.1) is 11.8 Å². The SMILES string of the molecule is CCc1ccc([C@@H](C)NC(=O)CSc2nccc(=O)[nH]2)cc1.